The van der Waals surface area contributed by atoms with Gasteiger partial charge in [-0.05, 0) is 55.0 Å². The molecule has 2 atom stereocenters. The third-order valence-corrected chi connectivity index (χ3v) is 5.50. The summed E-state index contributed by atoms with van der Waals surface area (Å²) in [6.45, 7) is 0. The van der Waals surface area contributed by atoms with Gasteiger partial charge in [0.25, 0.3) is 5.91 Å². The van der Waals surface area contributed by atoms with Crippen molar-refractivity contribution in [2.75, 3.05) is 0 Å². The number of amides is 1. The number of carbonyl (C=O) groups is 1. The highest BCUT2D eigenvalue weighted by Gasteiger charge is 2.34. The van der Waals surface area contributed by atoms with Gasteiger partial charge in [-0.2, -0.15) is 13.2 Å². The normalized spacial score (nSPS) is 24.6. The van der Waals surface area contributed by atoms with Gasteiger partial charge in [-0.25, -0.2) is 0 Å². The molecule has 2 bridgehead atoms. The van der Waals surface area contributed by atoms with Gasteiger partial charge in [0, 0.05) is 23.7 Å². The smallest absolute Gasteiger partial charge is 0.349 e. The zero-order chi connectivity index (χ0) is 19.0. The first-order chi connectivity index (χ1) is 12.9. The lowest BCUT2D eigenvalue weighted by molar-refractivity contribution is -0.137. The van der Waals surface area contributed by atoms with E-state index in [4.69, 9.17) is 0 Å². The van der Waals surface area contributed by atoms with Gasteiger partial charge in [0.05, 0.1) is 5.56 Å². The van der Waals surface area contributed by atoms with Gasteiger partial charge in [0.2, 0.25) is 0 Å². The van der Waals surface area contributed by atoms with E-state index in [1.807, 2.05) is 0 Å². The highest BCUT2D eigenvalue weighted by molar-refractivity contribution is 6.01. The zero-order valence-electron chi connectivity index (χ0n) is 14.7. The minimum absolute atomic E-state index is 0.136. The third-order valence-electron chi connectivity index (χ3n) is 5.50. The number of alkyl halides is 3. The molecule has 2 aromatic carbocycles. The van der Waals surface area contributed by atoms with Crippen molar-refractivity contribution >= 4 is 5.91 Å². The number of hydrogen-bond acceptors (Lipinski definition) is 2. The SMILES string of the molecule is O=C(NC1CC2CCC(C1)N2)c1ccccc1-c1ccc(C(F)(F)F)cc1. The average molecular weight is 374 g/mol. The van der Waals surface area contributed by atoms with Crippen molar-refractivity contribution in [2.24, 2.45) is 0 Å². The van der Waals surface area contributed by atoms with Crippen LogP contribution in [-0.2, 0) is 6.18 Å². The maximum Gasteiger partial charge on any atom is 0.416 e. The van der Waals surface area contributed by atoms with Gasteiger partial charge >= 0.3 is 6.18 Å². The molecule has 1 amide bonds. The van der Waals surface area contributed by atoms with Crippen molar-refractivity contribution in [3.63, 3.8) is 0 Å². The quantitative estimate of drug-likeness (QED) is 0.837. The van der Waals surface area contributed by atoms with Crippen LogP contribution in [0.4, 0.5) is 13.2 Å². The molecule has 2 fully saturated rings. The van der Waals surface area contributed by atoms with Crippen LogP contribution in [0.25, 0.3) is 11.1 Å². The molecule has 2 saturated heterocycles. The van der Waals surface area contributed by atoms with Crippen LogP contribution < -0.4 is 10.6 Å². The number of fused-ring (bicyclic) bond motifs is 2. The van der Waals surface area contributed by atoms with Crippen molar-refractivity contribution in [3.8, 4) is 11.1 Å². The molecule has 0 saturated carbocycles. The second-order valence-corrected chi connectivity index (χ2v) is 7.40. The lowest BCUT2D eigenvalue weighted by Crippen LogP contribution is -2.48. The van der Waals surface area contributed by atoms with Crippen molar-refractivity contribution in [1.29, 1.82) is 0 Å². The molecule has 2 aliphatic heterocycles. The monoisotopic (exact) mass is 374 g/mol. The van der Waals surface area contributed by atoms with Gasteiger partial charge < -0.3 is 10.6 Å². The fourth-order valence-corrected chi connectivity index (χ4v) is 4.21. The Labute approximate surface area is 156 Å². The highest BCUT2D eigenvalue weighted by atomic mass is 19.4. The largest absolute Gasteiger partial charge is 0.416 e. The van der Waals surface area contributed by atoms with Gasteiger partial charge in [0.15, 0.2) is 0 Å². The molecule has 2 aromatic rings. The summed E-state index contributed by atoms with van der Waals surface area (Å²) in [6, 6.07) is 13.1. The lowest BCUT2D eigenvalue weighted by Gasteiger charge is -2.30. The Balaban J connectivity index is 1.55. The Morgan fingerprint density at radius 1 is 0.963 bits per heavy atom. The van der Waals surface area contributed by atoms with Gasteiger partial charge in [-0.15, -0.1) is 0 Å². The van der Waals surface area contributed by atoms with Crippen molar-refractivity contribution < 1.29 is 18.0 Å². The van der Waals surface area contributed by atoms with Crippen LogP contribution in [-0.4, -0.2) is 24.0 Å². The molecule has 3 nitrogen and oxygen atoms in total. The van der Waals surface area contributed by atoms with Crippen molar-refractivity contribution in [3.05, 3.63) is 59.7 Å². The van der Waals surface area contributed by atoms with Gasteiger partial charge in [0.1, 0.15) is 0 Å². The Hall–Kier alpha value is -2.34. The molecular formula is C21H21F3N2O. The van der Waals surface area contributed by atoms with Crippen LogP contribution in [0, 0.1) is 0 Å². The zero-order valence-corrected chi connectivity index (χ0v) is 14.7. The van der Waals surface area contributed by atoms with E-state index in [0.717, 1.165) is 37.8 Å². The number of piperidine rings is 1. The van der Waals surface area contributed by atoms with Crippen molar-refractivity contribution in [1.82, 2.24) is 10.6 Å². The van der Waals surface area contributed by atoms with Crippen LogP contribution in [0.15, 0.2) is 48.5 Å². The minimum atomic E-state index is -4.37. The number of nitrogens with one attached hydrogen (secondary N) is 2. The molecule has 2 aliphatic rings. The van der Waals surface area contributed by atoms with E-state index in [0.29, 0.717) is 28.8 Å². The van der Waals surface area contributed by atoms with E-state index in [1.165, 1.54) is 12.1 Å². The second kappa shape index (κ2) is 7.00. The maximum atomic E-state index is 12.9. The van der Waals surface area contributed by atoms with Crippen LogP contribution in [0.5, 0.6) is 0 Å². The standard InChI is InChI=1S/C21H21F3N2O/c22-21(23,24)14-7-5-13(6-8-14)18-3-1-2-4-19(18)20(27)26-17-11-15-9-10-16(12-17)25-15/h1-8,15-17,25H,9-12H2,(H,26,27). The lowest BCUT2D eigenvalue weighted by atomic mass is 9.96. The molecule has 0 spiro atoms. The first-order valence-corrected chi connectivity index (χ1v) is 9.24. The summed E-state index contributed by atoms with van der Waals surface area (Å²) in [5.74, 6) is -0.170. The Bertz CT molecular complexity index is 820. The van der Waals surface area contributed by atoms with Crippen LogP contribution in [0.1, 0.15) is 41.6 Å². The van der Waals surface area contributed by atoms with Gasteiger partial charge in [-0.1, -0.05) is 30.3 Å². The summed E-state index contributed by atoms with van der Waals surface area (Å²) in [6.07, 6.45) is -0.225. The molecule has 142 valence electrons. The summed E-state index contributed by atoms with van der Waals surface area (Å²) in [4.78, 5) is 12.9. The number of rotatable bonds is 3. The van der Waals surface area contributed by atoms with Crippen LogP contribution >= 0.6 is 0 Å². The fraction of sp³-hybridized carbons (Fsp3) is 0.381. The molecule has 2 heterocycles. The van der Waals surface area contributed by atoms with Gasteiger partial charge in [-0.3, -0.25) is 4.79 Å². The molecular weight excluding hydrogens is 353 g/mol. The first-order valence-electron chi connectivity index (χ1n) is 9.24. The summed E-state index contributed by atoms with van der Waals surface area (Å²) >= 11 is 0. The average Bonchev–Trinajstić information content (AvgIpc) is 2.99. The fourth-order valence-electron chi connectivity index (χ4n) is 4.21. The van der Waals surface area contributed by atoms with E-state index < -0.39 is 11.7 Å². The summed E-state index contributed by atoms with van der Waals surface area (Å²) in [5, 5.41) is 6.67. The molecule has 6 heteroatoms. The molecule has 0 aromatic heterocycles. The van der Waals surface area contributed by atoms with Crippen LogP contribution in [0.3, 0.4) is 0 Å². The minimum Gasteiger partial charge on any atom is -0.349 e. The summed E-state index contributed by atoms with van der Waals surface area (Å²) in [7, 11) is 0. The molecule has 2 N–H and O–H groups in total. The van der Waals surface area contributed by atoms with E-state index in [-0.39, 0.29) is 11.9 Å². The Morgan fingerprint density at radius 3 is 2.22 bits per heavy atom. The number of benzene rings is 2. The summed E-state index contributed by atoms with van der Waals surface area (Å²) in [5.41, 5.74) is 1.03. The number of carbonyl (C=O) groups excluding carboxylic acids is 1. The third kappa shape index (κ3) is 3.86. The Kier molecular flexibility index (Phi) is 4.68. The predicted octanol–water partition coefficient (Wildman–Crippen LogP) is 4.39. The van der Waals surface area contributed by atoms with Crippen molar-refractivity contribution in [2.45, 2.75) is 50.0 Å². The number of halogens is 3. The first kappa shape index (κ1) is 18.0. The Morgan fingerprint density at radius 2 is 1.59 bits per heavy atom. The maximum absolute atomic E-state index is 12.9. The second-order valence-electron chi connectivity index (χ2n) is 7.40. The topological polar surface area (TPSA) is 41.1 Å². The molecule has 0 radical (unpaired) electrons. The molecule has 4 rings (SSSR count). The van der Waals surface area contributed by atoms with E-state index in [9.17, 15) is 18.0 Å². The molecule has 27 heavy (non-hydrogen) atoms. The number of hydrogen-bond donors (Lipinski definition) is 2. The van der Waals surface area contributed by atoms with Crippen LogP contribution in [0.2, 0.25) is 0 Å². The molecule has 0 aliphatic carbocycles. The predicted molar refractivity (Wildman–Crippen MR) is 97.3 cm³/mol. The van der Waals surface area contributed by atoms with E-state index >= 15 is 0 Å². The highest BCUT2D eigenvalue weighted by Crippen LogP contribution is 2.32. The van der Waals surface area contributed by atoms with E-state index in [2.05, 4.69) is 10.6 Å². The van der Waals surface area contributed by atoms with E-state index in [1.54, 1.807) is 24.3 Å². The summed E-state index contributed by atoms with van der Waals surface area (Å²) < 4.78 is 38.4. The molecule has 2 unspecified atom stereocenters.